The molecule has 0 atom stereocenters. The summed E-state index contributed by atoms with van der Waals surface area (Å²) in [6, 6.07) is 1.29. The summed E-state index contributed by atoms with van der Waals surface area (Å²) in [5, 5.41) is 0. The number of pyridine rings is 1. The van der Waals surface area contributed by atoms with Crippen molar-refractivity contribution in [2.45, 2.75) is 19.4 Å². The van der Waals surface area contributed by atoms with Gasteiger partial charge in [0.1, 0.15) is 5.69 Å². The molecule has 0 aromatic carbocycles. The van der Waals surface area contributed by atoms with Gasteiger partial charge in [0.25, 0.3) is 6.43 Å². The molecule has 0 saturated carbocycles. The highest BCUT2D eigenvalue weighted by Gasteiger charge is 2.18. The summed E-state index contributed by atoms with van der Waals surface area (Å²) in [6.45, 7) is -0.0493. The fourth-order valence-electron chi connectivity index (χ4n) is 1.36. The average Bonchev–Trinajstić information content (AvgIpc) is 2.28. The predicted octanol–water partition coefficient (Wildman–Crippen LogP) is 0.776. The quantitative estimate of drug-likeness (QED) is 0.765. The first kappa shape index (κ1) is 13.3. The van der Waals surface area contributed by atoms with E-state index >= 15 is 0 Å². The van der Waals surface area contributed by atoms with E-state index in [0.717, 1.165) is 0 Å². The lowest BCUT2D eigenvalue weighted by Crippen LogP contribution is -2.13. The van der Waals surface area contributed by atoms with E-state index in [1.807, 2.05) is 0 Å². The van der Waals surface area contributed by atoms with Crippen LogP contribution in [0, 0.1) is 0 Å². The van der Waals surface area contributed by atoms with Crippen LogP contribution in [0.25, 0.3) is 0 Å². The number of ether oxygens (including phenoxy) is 1. The Morgan fingerprint density at radius 1 is 1.59 bits per heavy atom. The van der Waals surface area contributed by atoms with Crippen LogP contribution in [0.1, 0.15) is 23.4 Å². The van der Waals surface area contributed by atoms with Gasteiger partial charge in [-0.25, -0.2) is 13.8 Å². The van der Waals surface area contributed by atoms with Crippen LogP contribution in [-0.2, 0) is 22.5 Å². The Morgan fingerprint density at radius 2 is 2.24 bits per heavy atom. The van der Waals surface area contributed by atoms with E-state index in [0.29, 0.717) is 5.56 Å². The largest absolute Gasteiger partial charge is 0.469 e. The third-order valence-electron chi connectivity index (χ3n) is 2.21. The number of carbonyl (C=O) groups is 1. The standard InChI is InChI=1S/C10H13F2N3O2/c1-17-8(16)3-5-2-6(14)9(10(11)12)15-7(5)4-13/h2,10H,3-4,13-14H2,1H3. The smallest absolute Gasteiger partial charge is 0.310 e. The van der Waals surface area contributed by atoms with Gasteiger partial charge in [-0.05, 0) is 11.6 Å². The second-order valence-corrected chi connectivity index (χ2v) is 3.33. The summed E-state index contributed by atoms with van der Waals surface area (Å²) in [5.41, 5.74) is 10.8. The van der Waals surface area contributed by atoms with Crippen molar-refractivity contribution in [3.8, 4) is 0 Å². The van der Waals surface area contributed by atoms with Gasteiger partial charge < -0.3 is 16.2 Å². The van der Waals surface area contributed by atoms with E-state index < -0.39 is 18.1 Å². The van der Waals surface area contributed by atoms with Gasteiger partial charge in [-0.2, -0.15) is 0 Å². The Bertz CT molecular complexity index is 424. The molecular weight excluding hydrogens is 232 g/mol. The van der Waals surface area contributed by atoms with Crippen molar-refractivity contribution in [2.75, 3.05) is 12.8 Å². The van der Waals surface area contributed by atoms with Crippen LogP contribution in [0.3, 0.4) is 0 Å². The second-order valence-electron chi connectivity index (χ2n) is 3.33. The van der Waals surface area contributed by atoms with Crippen molar-refractivity contribution < 1.29 is 18.3 Å². The molecule has 94 valence electrons. The van der Waals surface area contributed by atoms with Crippen LogP contribution in [-0.4, -0.2) is 18.1 Å². The molecule has 5 nitrogen and oxygen atoms in total. The summed E-state index contributed by atoms with van der Waals surface area (Å²) in [4.78, 5) is 14.8. The molecule has 1 aromatic heterocycles. The SMILES string of the molecule is COC(=O)Cc1cc(N)c(C(F)F)nc1CN. The van der Waals surface area contributed by atoms with E-state index in [2.05, 4.69) is 9.72 Å². The summed E-state index contributed by atoms with van der Waals surface area (Å²) in [7, 11) is 1.23. The molecule has 17 heavy (non-hydrogen) atoms. The van der Waals surface area contributed by atoms with Gasteiger partial charge in [-0.1, -0.05) is 0 Å². The Labute approximate surface area is 96.8 Å². The molecule has 1 rings (SSSR count). The van der Waals surface area contributed by atoms with E-state index in [1.165, 1.54) is 13.2 Å². The van der Waals surface area contributed by atoms with E-state index in [1.54, 1.807) is 0 Å². The Balaban J connectivity index is 3.14. The molecule has 0 aliphatic heterocycles. The monoisotopic (exact) mass is 245 g/mol. The van der Waals surface area contributed by atoms with Gasteiger partial charge in [0.15, 0.2) is 0 Å². The lowest BCUT2D eigenvalue weighted by Gasteiger charge is -2.11. The lowest BCUT2D eigenvalue weighted by atomic mass is 10.1. The van der Waals surface area contributed by atoms with Crippen LogP contribution in [0.2, 0.25) is 0 Å². The number of nitrogens with two attached hydrogens (primary N) is 2. The number of nitrogens with zero attached hydrogens (tertiary/aromatic N) is 1. The highest BCUT2D eigenvalue weighted by molar-refractivity contribution is 5.73. The predicted molar refractivity (Wildman–Crippen MR) is 57.2 cm³/mol. The number of methoxy groups -OCH3 is 1. The van der Waals surface area contributed by atoms with E-state index in [4.69, 9.17) is 11.5 Å². The zero-order valence-electron chi connectivity index (χ0n) is 9.24. The van der Waals surface area contributed by atoms with Crippen molar-refractivity contribution in [3.05, 3.63) is 23.0 Å². The van der Waals surface area contributed by atoms with E-state index in [-0.39, 0.29) is 24.3 Å². The molecule has 0 aliphatic rings. The molecule has 7 heteroatoms. The number of hydrogen-bond donors (Lipinski definition) is 2. The number of carbonyl (C=O) groups excluding carboxylic acids is 1. The normalized spacial score (nSPS) is 10.6. The zero-order valence-corrected chi connectivity index (χ0v) is 9.24. The first-order chi connectivity index (χ1) is 7.99. The molecule has 0 aliphatic carbocycles. The van der Waals surface area contributed by atoms with Crippen LogP contribution in [0.4, 0.5) is 14.5 Å². The second kappa shape index (κ2) is 5.53. The van der Waals surface area contributed by atoms with Gasteiger partial charge >= 0.3 is 5.97 Å². The number of hydrogen-bond acceptors (Lipinski definition) is 5. The Kier molecular flexibility index (Phi) is 4.33. The minimum absolute atomic E-state index is 0.0493. The highest BCUT2D eigenvalue weighted by Crippen LogP contribution is 2.25. The van der Waals surface area contributed by atoms with Crippen molar-refractivity contribution in [1.29, 1.82) is 0 Å². The fourth-order valence-corrected chi connectivity index (χ4v) is 1.36. The number of aromatic nitrogens is 1. The minimum Gasteiger partial charge on any atom is -0.469 e. The lowest BCUT2D eigenvalue weighted by molar-refractivity contribution is -0.139. The third kappa shape index (κ3) is 3.10. The van der Waals surface area contributed by atoms with Crippen LogP contribution < -0.4 is 11.5 Å². The summed E-state index contributed by atoms with van der Waals surface area (Å²) in [6.07, 6.45) is -2.86. The molecule has 0 saturated heterocycles. The molecule has 0 bridgehead atoms. The highest BCUT2D eigenvalue weighted by atomic mass is 19.3. The fraction of sp³-hybridized carbons (Fsp3) is 0.400. The average molecular weight is 245 g/mol. The van der Waals surface area contributed by atoms with Gasteiger partial charge in [0, 0.05) is 6.54 Å². The number of rotatable bonds is 4. The van der Waals surface area contributed by atoms with Crippen molar-refractivity contribution >= 4 is 11.7 Å². The molecule has 0 fully saturated rings. The molecule has 0 unspecified atom stereocenters. The molecule has 0 radical (unpaired) electrons. The molecule has 4 N–H and O–H groups in total. The number of nitrogen functional groups attached to an aromatic ring is 1. The molecular formula is C10H13F2N3O2. The van der Waals surface area contributed by atoms with E-state index in [9.17, 15) is 13.6 Å². The summed E-state index contributed by atoms with van der Waals surface area (Å²) in [5.74, 6) is -0.509. The van der Waals surface area contributed by atoms with Crippen molar-refractivity contribution in [1.82, 2.24) is 4.98 Å². The maximum Gasteiger partial charge on any atom is 0.310 e. The van der Waals surface area contributed by atoms with Crippen LogP contribution in [0.5, 0.6) is 0 Å². The number of halogens is 2. The summed E-state index contributed by atoms with van der Waals surface area (Å²) < 4.78 is 29.5. The zero-order chi connectivity index (χ0) is 13.0. The number of anilines is 1. The first-order valence-corrected chi connectivity index (χ1v) is 4.82. The molecule has 1 aromatic rings. The number of alkyl halides is 2. The Morgan fingerprint density at radius 3 is 2.71 bits per heavy atom. The third-order valence-corrected chi connectivity index (χ3v) is 2.21. The maximum atomic E-state index is 12.5. The molecule has 0 amide bonds. The molecule has 1 heterocycles. The Hall–Kier alpha value is -1.76. The number of esters is 1. The van der Waals surface area contributed by atoms with Gasteiger partial charge in [-0.15, -0.1) is 0 Å². The maximum absolute atomic E-state index is 12.5. The van der Waals surface area contributed by atoms with Gasteiger partial charge in [0.05, 0.1) is 24.9 Å². The molecule has 0 spiro atoms. The van der Waals surface area contributed by atoms with Crippen LogP contribution >= 0.6 is 0 Å². The topological polar surface area (TPSA) is 91.2 Å². The minimum atomic E-state index is -2.77. The van der Waals surface area contributed by atoms with Gasteiger partial charge in [0.2, 0.25) is 0 Å². The van der Waals surface area contributed by atoms with Crippen LogP contribution in [0.15, 0.2) is 6.07 Å². The van der Waals surface area contributed by atoms with Crippen molar-refractivity contribution in [3.63, 3.8) is 0 Å². The first-order valence-electron chi connectivity index (χ1n) is 4.82. The van der Waals surface area contributed by atoms with Crippen molar-refractivity contribution in [2.24, 2.45) is 5.73 Å². The summed E-state index contributed by atoms with van der Waals surface area (Å²) >= 11 is 0. The van der Waals surface area contributed by atoms with Gasteiger partial charge in [-0.3, -0.25) is 4.79 Å².